The van der Waals surface area contributed by atoms with E-state index < -0.39 is 11.4 Å². The first kappa shape index (κ1) is 27.2. The molecule has 1 saturated heterocycles. The van der Waals surface area contributed by atoms with Crippen LogP contribution in [0.5, 0.6) is 5.75 Å². The Morgan fingerprint density at radius 2 is 1.42 bits per heavy atom. The maximum Gasteiger partial charge on any atom is 0.267 e. The molecule has 1 aliphatic rings. The van der Waals surface area contributed by atoms with Gasteiger partial charge in [0, 0.05) is 37.6 Å². The van der Waals surface area contributed by atoms with Gasteiger partial charge in [0.15, 0.2) is 5.60 Å². The van der Waals surface area contributed by atoms with Crippen LogP contribution >= 0.6 is 0 Å². The number of ether oxygens (including phenoxy) is 1. The van der Waals surface area contributed by atoms with E-state index in [9.17, 15) is 14.0 Å². The molecule has 0 atom stereocenters. The Kier molecular flexibility index (Phi) is 7.76. The van der Waals surface area contributed by atoms with Crippen LogP contribution in [0.4, 0.5) is 15.8 Å². The summed E-state index contributed by atoms with van der Waals surface area (Å²) in [5.41, 5.74) is 1.95. The lowest BCUT2D eigenvalue weighted by Gasteiger charge is -2.36. The standard InChI is InChI=1S/C31H36FN3O3/c1-30(2,3)22-10-16-25(17-11-22)38-31(4,5)29(37)33-23-12-14-24(15-13-23)34-18-20-35(21-19-34)28(36)26-8-6-7-9-27(26)32/h6-17H,18-21H2,1-5H3,(H,33,37). The summed E-state index contributed by atoms with van der Waals surface area (Å²) in [7, 11) is 0. The number of piperazine rings is 1. The van der Waals surface area contributed by atoms with Gasteiger partial charge in [-0.2, -0.15) is 0 Å². The minimum Gasteiger partial charge on any atom is -0.478 e. The van der Waals surface area contributed by atoms with Crippen LogP contribution in [-0.2, 0) is 10.2 Å². The van der Waals surface area contributed by atoms with Gasteiger partial charge >= 0.3 is 0 Å². The highest BCUT2D eigenvalue weighted by Crippen LogP contribution is 2.27. The maximum absolute atomic E-state index is 14.0. The lowest BCUT2D eigenvalue weighted by Crippen LogP contribution is -2.49. The Morgan fingerprint density at radius 1 is 0.816 bits per heavy atom. The van der Waals surface area contributed by atoms with Crippen LogP contribution in [0.25, 0.3) is 0 Å². The van der Waals surface area contributed by atoms with E-state index in [0.717, 1.165) is 5.69 Å². The Labute approximate surface area is 224 Å². The predicted octanol–water partition coefficient (Wildman–Crippen LogP) is 5.88. The fourth-order valence-corrected chi connectivity index (χ4v) is 4.37. The Hall–Kier alpha value is -3.87. The summed E-state index contributed by atoms with van der Waals surface area (Å²) in [6, 6.07) is 21.5. The van der Waals surface area contributed by atoms with Crippen molar-refractivity contribution in [3.63, 3.8) is 0 Å². The van der Waals surface area contributed by atoms with Crippen molar-refractivity contribution in [3.8, 4) is 5.75 Å². The number of halogens is 1. The summed E-state index contributed by atoms with van der Waals surface area (Å²) in [5, 5.41) is 2.94. The smallest absolute Gasteiger partial charge is 0.267 e. The van der Waals surface area contributed by atoms with Crippen molar-refractivity contribution in [1.82, 2.24) is 4.90 Å². The molecule has 2 amide bonds. The van der Waals surface area contributed by atoms with E-state index in [1.807, 2.05) is 48.5 Å². The molecule has 0 aliphatic carbocycles. The van der Waals surface area contributed by atoms with Gasteiger partial charge in [-0.15, -0.1) is 0 Å². The van der Waals surface area contributed by atoms with Crippen molar-refractivity contribution in [2.45, 2.75) is 45.6 Å². The van der Waals surface area contributed by atoms with Gasteiger partial charge in [0.2, 0.25) is 0 Å². The number of anilines is 2. The van der Waals surface area contributed by atoms with E-state index >= 15 is 0 Å². The highest BCUT2D eigenvalue weighted by Gasteiger charge is 2.30. The molecule has 4 rings (SSSR count). The molecular weight excluding hydrogens is 481 g/mol. The average molecular weight is 518 g/mol. The van der Waals surface area contributed by atoms with Gasteiger partial charge in [-0.25, -0.2) is 4.39 Å². The van der Waals surface area contributed by atoms with Crippen molar-refractivity contribution in [2.24, 2.45) is 0 Å². The van der Waals surface area contributed by atoms with Crippen LogP contribution in [0.1, 0.15) is 50.5 Å². The number of nitrogens with zero attached hydrogens (tertiary/aromatic N) is 2. The molecule has 7 heteroatoms. The number of hydrogen-bond donors (Lipinski definition) is 1. The van der Waals surface area contributed by atoms with E-state index in [2.05, 4.69) is 31.0 Å². The number of amides is 2. The molecule has 38 heavy (non-hydrogen) atoms. The third-order valence-corrected chi connectivity index (χ3v) is 6.80. The molecule has 0 aromatic heterocycles. The summed E-state index contributed by atoms with van der Waals surface area (Å²) in [6.07, 6.45) is 0. The van der Waals surface area contributed by atoms with Gasteiger partial charge in [0.05, 0.1) is 5.56 Å². The normalized spacial score (nSPS) is 14.3. The molecule has 0 saturated carbocycles. The van der Waals surface area contributed by atoms with Crippen molar-refractivity contribution >= 4 is 23.2 Å². The van der Waals surface area contributed by atoms with Crippen LogP contribution in [0.2, 0.25) is 0 Å². The molecule has 3 aromatic rings. The zero-order chi connectivity index (χ0) is 27.5. The minimum atomic E-state index is -1.07. The van der Waals surface area contributed by atoms with Crippen LogP contribution in [-0.4, -0.2) is 48.5 Å². The first-order chi connectivity index (χ1) is 17.9. The number of nitrogens with one attached hydrogen (secondary N) is 1. The van der Waals surface area contributed by atoms with Crippen LogP contribution in [0.3, 0.4) is 0 Å². The fourth-order valence-electron chi connectivity index (χ4n) is 4.37. The summed E-state index contributed by atoms with van der Waals surface area (Å²) < 4.78 is 20.0. The number of benzene rings is 3. The Balaban J connectivity index is 1.31. The Morgan fingerprint density at radius 3 is 2.00 bits per heavy atom. The molecule has 1 N–H and O–H groups in total. The van der Waals surface area contributed by atoms with Crippen molar-refractivity contribution in [2.75, 3.05) is 36.4 Å². The van der Waals surface area contributed by atoms with Crippen LogP contribution < -0.4 is 15.0 Å². The largest absolute Gasteiger partial charge is 0.478 e. The number of rotatable bonds is 6. The van der Waals surface area contributed by atoms with Crippen molar-refractivity contribution in [3.05, 3.63) is 89.7 Å². The molecule has 1 fully saturated rings. The molecule has 1 heterocycles. The molecule has 200 valence electrons. The summed E-state index contributed by atoms with van der Waals surface area (Å²) in [4.78, 5) is 29.5. The van der Waals surface area contributed by atoms with Gasteiger partial charge in [-0.1, -0.05) is 45.0 Å². The molecule has 1 aliphatic heterocycles. The zero-order valence-electron chi connectivity index (χ0n) is 22.8. The van der Waals surface area contributed by atoms with Gasteiger partial charge in [-0.05, 0) is 73.4 Å². The molecule has 0 radical (unpaired) electrons. The topological polar surface area (TPSA) is 61.9 Å². The fraction of sp³-hybridized carbons (Fsp3) is 0.355. The first-order valence-corrected chi connectivity index (χ1v) is 12.9. The van der Waals surface area contributed by atoms with Crippen molar-refractivity contribution in [1.29, 1.82) is 0 Å². The third-order valence-electron chi connectivity index (χ3n) is 6.80. The highest BCUT2D eigenvalue weighted by atomic mass is 19.1. The van der Waals surface area contributed by atoms with E-state index in [4.69, 9.17) is 4.74 Å². The van der Waals surface area contributed by atoms with Gasteiger partial charge in [0.25, 0.3) is 11.8 Å². The second-order valence-electron chi connectivity index (χ2n) is 11.1. The molecule has 0 spiro atoms. The molecule has 3 aromatic carbocycles. The van der Waals surface area contributed by atoms with Gasteiger partial charge in [0.1, 0.15) is 11.6 Å². The lowest BCUT2D eigenvalue weighted by atomic mass is 9.87. The van der Waals surface area contributed by atoms with E-state index in [0.29, 0.717) is 37.6 Å². The molecule has 0 bridgehead atoms. The maximum atomic E-state index is 14.0. The lowest BCUT2D eigenvalue weighted by molar-refractivity contribution is -0.128. The van der Waals surface area contributed by atoms with Gasteiger partial charge in [-0.3, -0.25) is 9.59 Å². The highest BCUT2D eigenvalue weighted by molar-refractivity contribution is 5.97. The minimum absolute atomic E-state index is 0.0458. The SMILES string of the molecule is CC(C)(Oc1ccc(C(C)(C)C)cc1)C(=O)Nc1ccc(N2CCN(C(=O)c3ccccc3F)CC2)cc1. The van der Waals surface area contributed by atoms with Crippen LogP contribution in [0.15, 0.2) is 72.8 Å². The van der Waals surface area contributed by atoms with Crippen molar-refractivity contribution < 1.29 is 18.7 Å². The number of carbonyl (C=O) groups excluding carboxylic acids is 2. The van der Waals surface area contributed by atoms with E-state index in [1.165, 1.54) is 17.7 Å². The Bertz CT molecular complexity index is 1270. The number of carbonyl (C=O) groups is 2. The van der Waals surface area contributed by atoms with E-state index in [1.54, 1.807) is 30.9 Å². The number of hydrogen-bond acceptors (Lipinski definition) is 4. The monoisotopic (exact) mass is 517 g/mol. The first-order valence-electron chi connectivity index (χ1n) is 12.9. The molecule has 0 unspecified atom stereocenters. The summed E-state index contributed by atoms with van der Waals surface area (Å²) in [6.45, 7) is 12.2. The quantitative estimate of drug-likeness (QED) is 0.444. The summed E-state index contributed by atoms with van der Waals surface area (Å²) >= 11 is 0. The zero-order valence-corrected chi connectivity index (χ0v) is 22.8. The average Bonchev–Trinajstić information content (AvgIpc) is 2.89. The van der Waals surface area contributed by atoms with E-state index in [-0.39, 0.29) is 22.8 Å². The molecule has 6 nitrogen and oxygen atoms in total. The van der Waals surface area contributed by atoms with Crippen LogP contribution in [0, 0.1) is 5.82 Å². The third kappa shape index (κ3) is 6.33. The second kappa shape index (κ2) is 10.9. The van der Waals surface area contributed by atoms with Gasteiger partial charge < -0.3 is 19.9 Å². The second-order valence-corrected chi connectivity index (χ2v) is 11.1. The predicted molar refractivity (Wildman–Crippen MR) is 149 cm³/mol. The summed E-state index contributed by atoms with van der Waals surface area (Å²) in [5.74, 6) is -0.382. The molecular formula is C31H36FN3O3.